The highest BCUT2D eigenvalue weighted by atomic mass is 16.7. The molecule has 0 amide bonds. The largest absolute Gasteiger partial charge is 0.473 e. The third-order valence-electron chi connectivity index (χ3n) is 4.68. The van der Waals surface area contributed by atoms with Crippen LogP contribution in [0.2, 0.25) is 0 Å². The smallest absolute Gasteiger partial charge is 0.316 e. The van der Waals surface area contributed by atoms with Crippen LogP contribution in [0.5, 0.6) is 5.75 Å². The molecule has 0 aliphatic rings. The topological polar surface area (TPSA) is 71.1 Å². The Morgan fingerprint density at radius 3 is 1.90 bits per heavy atom. The number of rotatable bonds is 11. The van der Waals surface area contributed by atoms with Gasteiger partial charge < -0.3 is 18.9 Å². The molecule has 6 heteroatoms. The molecule has 6 nitrogen and oxygen atoms in total. The Labute approximate surface area is 181 Å². The molecule has 1 aromatic rings. The average Bonchev–Trinajstić information content (AvgIpc) is 2.71. The van der Waals surface area contributed by atoms with Gasteiger partial charge in [-0.1, -0.05) is 38.6 Å². The van der Waals surface area contributed by atoms with Crippen LogP contribution in [-0.4, -0.2) is 31.9 Å². The quantitative estimate of drug-likeness (QED) is 0.154. The Kier molecular flexibility index (Phi) is 12.7. The van der Waals surface area contributed by atoms with Crippen molar-refractivity contribution in [1.82, 2.24) is 0 Å². The van der Waals surface area contributed by atoms with E-state index in [2.05, 4.69) is 6.58 Å². The number of esters is 2. The van der Waals surface area contributed by atoms with E-state index in [1.807, 2.05) is 59.7 Å². The van der Waals surface area contributed by atoms with E-state index in [0.29, 0.717) is 18.1 Å². The Hall–Kier alpha value is -2.34. The van der Waals surface area contributed by atoms with Crippen molar-refractivity contribution >= 4 is 11.9 Å². The summed E-state index contributed by atoms with van der Waals surface area (Å²) in [5.74, 6) is 0.841. The molecule has 30 heavy (non-hydrogen) atoms. The molecule has 0 fully saturated rings. The van der Waals surface area contributed by atoms with Crippen LogP contribution in [0.1, 0.15) is 61.3 Å². The highest BCUT2D eigenvalue weighted by molar-refractivity contribution is 5.78. The van der Waals surface area contributed by atoms with Crippen molar-refractivity contribution in [2.24, 2.45) is 10.8 Å². The van der Waals surface area contributed by atoms with Crippen molar-refractivity contribution in [1.29, 1.82) is 0 Å². The van der Waals surface area contributed by atoms with Gasteiger partial charge in [0.05, 0.1) is 23.2 Å². The van der Waals surface area contributed by atoms with Crippen molar-refractivity contribution in [2.45, 2.75) is 61.3 Å². The van der Waals surface area contributed by atoms with Gasteiger partial charge in [-0.15, -0.1) is 0 Å². The SMILES string of the molecule is C=C(C)OCOCCOC(=O)C(C)(C)CC.CCC(C)(C)C(=O)Oc1ccccc1. The van der Waals surface area contributed by atoms with E-state index in [1.54, 1.807) is 19.1 Å². The molecule has 1 rings (SSSR count). The molecular weight excluding hydrogens is 384 g/mol. The summed E-state index contributed by atoms with van der Waals surface area (Å²) in [6.07, 6.45) is 1.53. The second-order valence-electron chi connectivity index (χ2n) is 8.19. The van der Waals surface area contributed by atoms with Gasteiger partial charge in [0.1, 0.15) is 12.4 Å². The average molecular weight is 423 g/mol. The van der Waals surface area contributed by atoms with E-state index in [9.17, 15) is 9.59 Å². The van der Waals surface area contributed by atoms with E-state index in [-0.39, 0.29) is 25.3 Å². The van der Waals surface area contributed by atoms with E-state index < -0.39 is 10.8 Å². The molecule has 1 aromatic carbocycles. The number of carbonyl (C=O) groups is 2. The summed E-state index contributed by atoms with van der Waals surface area (Å²) in [5, 5.41) is 0. The van der Waals surface area contributed by atoms with Crippen molar-refractivity contribution in [3.8, 4) is 5.75 Å². The number of ether oxygens (including phenoxy) is 4. The van der Waals surface area contributed by atoms with Crippen LogP contribution in [-0.2, 0) is 23.8 Å². The Morgan fingerprint density at radius 2 is 1.40 bits per heavy atom. The lowest BCUT2D eigenvalue weighted by Gasteiger charge is -2.20. The van der Waals surface area contributed by atoms with Crippen LogP contribution in [0, 0.1) is 10.8 Å². The number of hydrogen-bond acceptors (Lipinski definition) is 6. The van der Waals surface area contributed by atoms with Crippen molar-refractivity contribution in [3.05, 3.63) is 42.7 Å². The zero-order valence-corrected chi connectivity index (χ0v) is 19.6. The minimum absolute atomic E-state index is 0.143. The van der Waals surface area contributed by atoms with Gasteiger partial charge in [0.2, 0.25) is 0 Å². The van der Waals surface area contributed by atoms with E-state index in [0.717, 1.165) is 12.8 Å². The number of allylic oxidation sites excluding steroid dienone is 1. The van der Waals surface area contributed by atoms with Crippen LogP contribution in [0.3, 0.4) is 0 Å². The lowest BCUT2D eigenvalue weighted by atomic mass is 9.91. The summed E-state index contributed by atoms with van der Waals surface area (Å²) in [6, 6.07) is 9.15. The molecule has 0 aliphatic carbocycles. The van der Waals surface area contributed by atoms with E-state index in [1.165, 1.54) is 0 Å². The zero-order valence-electron chi connectivity index (χ0n) is 19.6. The second kappa shape index (κ2) is 13.8. The van der Waals surface area contributed by atoms with Crippen LogP contribution < -0.4 is 4.74 Å². The van der Waals surface area contributed by atoms with Gasteiger partial charge >= 0.3 is 11.9 Å². The normalized spacial score (nSPS) is 11.0. The maximum absolute atomic E-state index is 11.6. The summed E-state index contributed by atoms with van der Waals surface area (Å²) in [5.41, 5.74) is -0.829. The minimum Gasteiger partial charge on any atom is -0.473 e. The minimum atomic E-state index is -0.422. The number of hydrogen-bond donors (Lipinski definition) is 0. The van der Waals surface area contributed by atoms with Crippen LogP contribution >= 0.6 is 0 Å². The monoisotopic (exact) mass is 422 g/mol. The van der Waals surface area contributed by atoms with Gasteiger partial charge in [-0.05, 0) is 59.6 Å². The fourth-order valence-electron chi connectivity index (χ4n) is 1.61. The molecular formula is C24H38O6. The number of para-hydroxylation sites is 1. The molecule has 0 atom stereocenters. The van der Waals surface area contributed by atoms with Gasteiger partial charge in [-0.2, -0.15) is 0 Å². The van der Waals surface area contributed by atoms with E-state index in [4.69, 9.17) is 18.9 Å². The zero-order chi connectivity index (χ0) is 23.2. The second-order valence-corrected chi connectivity index (χ2v) is 8.19. The van der Waals surface area contributed by atoms with Crippen molar-refractivity contribution < 1.29 is 28.5 Å². The first kappa shape index (κ1) is 27.7. The first-order chi connectivity index (χ1) is 14.0. The van der Waals surface area contributed by atoms with Crippen molar-refractivity contribution in [2.75, 3.05) is 20.0 Å². The van der Waals surface area contributed by atoms with Gasteiger partial charge in [0.15, 0.2) is 6.79 Å². The lowest BCUT2D eigenvalue weighted by molar-refractivity contribution is -0.156. The molecule has 0 aliphatic heterocycles. The summed E-state index contributed by atoms with van der Waals surface area (Å²) < 4.78 is 20.4. The van der Waals surface area contributed by atoms with Crippen LogP contribution in [0.15, 0.2) is 42.7 Å². The fraction of sp³-hybridized carbons (Fsp3) is 0.583. The molecule has 0 radical (unpaired) electrons. The molecule has 0 unspecified atom stereocenters. The first-order valence-electron chi connectivity index (χ1n) is 10.3. The molecule has 0 aromatic heterocycles. The lowest BCUT2D eigenvalue weighted by Crippen LogP contribution is -2.28. The summed E-state index contributed by atoms with van der Waals surface area (Å²) in [4.78, 5) is 23.2. The molecule has 0 bridgehead atoms. The summed E-state index contributed by atoms with van der Waals surface area (Å²) >= 11 is 0. The fourth-order valence-corrected chi connectivity index (χ4v) is 1.61. The number of carbonyl (C=O) groups excluding carboxylic acids is 2. The Morgan fingerprint density at radius 1 is 0.867 bits per heavy atom. The summed E-state index contributed by atoms with van der Waals surface area (Å²) in [7, 11) is 0. The van der Waals surface area contributed by atoms with Crippen LogP contribution in [0.25, 0.3) is 0 Å². The molecule has 0 saturated carbocycles. The maximum Gasteiger partial charge on any atom is 0.316 e. The predicted molar refractivity (Wildman–Crippen MR) is 118 cm³/mol. The molecule has 170 valence electrons. The third-order valence-corrected chi connectivity index (χ3v) is 4.68. The summed E-state index contributed by atoms with van der Waals surface area (Å²) in [6.45, 7) is 17.5. The number of benzene rings is 1. The van der Waals surface area contributed by atoms with Gasteiger partial charge in [0.25, 0.3) is 0 Å². The van der Waals surface area contributed by atoms with Crippen molar-refractivity contribution in [3.63, 3.8) is 0 Å². The highest BCUT2D eigenvalue weighted by Crippen LogP contribution is 2.23. The highest BCUT2D eigenvalue weighted by Gasteiger charge is 2.27. The van der Waals surface area contributed by atoms with Crippen LogP contribution in [0.4, 0.5) is 0 Å². The van der Waals surface area contributed by atoms with Gasteiger partial charge in [0, 0.05) is 0 Å². The Bertz CT molecular complexity index is 649. The van der Waals surface area contributed by atoms with E-state index >= 15 is 0 Å². The molecule has 0 spiro atoms. The van der Waals surface area contributed by atoms with Gasteiger partial charge in [-0.25, -0.2) is 0 Å². The standard InChI is InChI=1S/C12H22O4.C12H16O2/c1-6-12(4,5)11(13)15-8-7-14-9-16-10(2)3;1-4-12(2,3)11(13)14-10-8-6-5-7-9-10/h2,6-9H2,1,3-5H3;5-9H,4H2,1-3H3. The molecule has 0 saturated heterocycles. The first-order valence-corrected chi connectivity index (χ1v) is 10.3. The molecule has 0 N–H and O–H groups in total. The maximum atomic E-state index is 11.6. The molecule has 0 heterocycles. The third kappa shape index (κ3) is 11.6. The van der Waals surface area contributed by atoms with Gasteiger partial charge in [-0.3, -0.25) is 9.59 Å². The predicted octanol–water partition coefficient (Wildman–Crippen LogP) is 5.52. The Balaban J connectivity index is 0.000000564.